The summed E-state index contributed by atoms with van der Waals surface area (Å²) in [5.41, 5.74) is 5.05. The van der Waals surface area contributed by atoms with Crippen molar-refractivity contribution in [3.63, 3.8) is 0 Å². The Balaban J connectivity index is 1.21. The van der Waals surface area contributed by atoms with E-state index in [0.29, 0.717) is 23.4 Å². The Hall–Kier alpha value is -1.83. The maximum absolute atomic E-state index is 12.8. The molecule has 0 aromatic carbocycles. The number of hydrazine groups is 1. The van der Waals surface area contributed by atoms with E-state index in [1.54, 1.807) is 23.9 Å². The van der Waals surface area contributed by atoms with E-state index in [4.69, 9.17) is 0 Å². The van der Waals surface area contributed by atoms with Gasteiger partial charge in [0.1, 0.15) is 5.69 Å². The van der Waals surface area contributed by atoms with Gasteiger partial charge in [-0.3, -0.25) is 25.2 Å². The van der Waals surface area contributed by atoms with Gasteiger partial charge in [0.05, 0.1) is 0 Å². The van der Waals surface area contributed by atoms with Gasteiger partial charge < -0.3 is 9.88 Å². The average molecular weight is 451 g/mol. The third kappa shape index (κ3) is 3.83. The number of carbonyl (C=O) groups excluding carboxylic acids is 3. The van der Waals surface area contributed by atoms with E-state index in [2.05, 4.69) is 32.1 Å². The van der Waals surface area contributed by atoms with Gasteiger partial charge >= 0.3 is 0 Å². The number of hydrogen-bond acceptors (Lipinski definition) is 3. The van der Waals surface area contributed by atoms with Crippen LogP contribution < -0.4 is 16.2 Å². The standard InChI is InChI=1S/C20H27BrN4O3/c1-25-11-15(21)7-16(25)18(27)24-23-17(26)2-3-22-19(28)20-8-12-4-13(9-20)6-14(5-12)10-20/h7,11-14H,2-6,8-10H2,1H3,(H,22,28)(H,23,26)(H,24,27). The first-order valence-electron chi connectivity index (χ1n) is 10.0. The molecule has 0 aliphatic heterocycles. The highest BCUT2D eigenvalue weighted by molar-refractivity contribution is 9.10. The fourth-order valence-corrected chi connectivity index (χ4v) is 6.39. The largest absolute Gasteiger partial charge is 0.355 e. The van der Waals surface area contributed by atoms with Crippen LogP contribution in [-0.2, 0) is 16.6 Å². The molecule has 4 fully saturated rings. The van der Waals surface area contributed by atoms with Crippen molar-refractivity contribution >= 4 is 33.7 Å². The molecule has 8 heteroatoms. The van der Waals surface area contributed by atoms with Crippen molar-refractivity contribution in [3.8, 4) is 0 Å². The van der Waals surface area contributed by atoms with Crippen LogP contribution in [0.1, 0.15) is 55.4 Å². The van der Waals surface area contributed by atoms with Crippen LogP contribution in [-0.4, -0.2) is 28.8 Å². The molecule has 3 N–H and O–H groups in total. The summed E-state index contributed by atoms with van der Waals surface area (Å²) < 4.78 is 2.45. The van der Waals surface area contributed by atoms with Crippen molar-refractivity contribution in [1.82, 2.24) is 20.7 Å². The molecule has 0 atom stereocenters. The van der Waals surface area contributed by atoms with Gasteiger partial charge in [-0.1, -0.05) is 0 Å². The second-order valence-corrected chi connectivity index (χ2v) is 9.78. The minimum Gasteiger partial charge on any atom is -0.355 e. The van der Waals surface area contributed by atoms with Crippen LogP contribution in [0.3, 0.4) is 0 Å². The Morgan fingerprint density at radius 1 is 1.11 bits per heavy atom. The summed E-state index contributed by atoms with van der Waals surface area (Å²) in [5, 5.41) is 2.98. The Morgan fingerprint density at radius 3 is 2.25 bits per heavy atom. The van der Waals surface area contributed by atoms with Crippen LogP contribution >= 0.6 is 15.9 Å². The highest BCUT2D eigenvalue weighted by atomic mass is 79.9. The van der Waals surface area contributed by atoms with Gasteiger partial charge in [0, 0.05) is 36.1 Å². The van der Waals surface area contributed by atoms with E-state index in [9.17, 15) is 14.4 Å². The molecular formula is C20H27BrN4O3. The van der Waals surface area contributed by atoms with Crippen LogP contribution in [0.2, 0.25) is 0 Å². The van der Waals surface area contributed by atoms with Gasteiger partial charge in [0.15, 0.2) is 0 Å². The van der Waals surface area contributed by atoms with Gasteiger partial charge in [-0.15, -0.1) is 0 Å². The van der Waals surface area contributed by atoms with E-state index in [1.165, 1.54) is 19.3 Å². The first-order chi connectivity index (χ1) is 13.3. The van der Waals surface area contributed by atoms with E-state index in [0.717, 1.165) is 23.7 Å². The topological polar surface area (TPSA) is 92.2 Å². The van der Waals surface area contributed by atoms with Gasteiger partial charge in [-0.05, 0) is 78.3 Å². The monoisotopic (exact) mass is 450 g/mol. The summed E-state index contributed by atoms with van der Waals surface area (Å²) >= 11 is 3.31. The molecule has 152 valence electrons. The number of rotatable bonds is 5. The fourth-order valence-electron chi connectivity index (χ4n) is 5.87. The number of carbonyl (C=O) groups is 3. The minimum absolute atomic E-state index is 0.122. The number of nitrogens with one attached hydrogen (secondary N) is 3. The second kappa shape index (κ2) is 7.54. The zero-order chi connectivity index (χ0) is 19.9. The van der Waals surface area contributed by atoms with E-state index < -0.39 is 0 Å². The first-order valence-corrected chi connectivity index (χ1v) is 10.8. The fraction of sp³-hybridized carbons (Fsp3) is 0.650. The molecule has 4 aliphatic carbocycles. The molecule has 1 aromatic rings. The third-order valence-electron chi connectivity index (χ3n) is 6.68. The van der Waals surface area contributed by atoms with E-state index in [-0.39, 0.29) is 36.1 Å². The summed E-state index contributed by atoms with van der Waals surface area (Å²) in [4.78, 5) is 36.9. The molecule has 4 bridgehead atoms. The molecule has 1 heterocycles. The summed E-state index contributed by atoms with van der Waals surface area (Å²) in [6.07, 6.45) is 8.83. The second-order valence-electron chi connectivity index (χ2n) is 8.86. The number of aromatic nitrogens is 1. The molecule has 1 aromatic heterocycles. The molecule has 0 saturated heterocycles. The predicted molar refractivity (Wildman–Crippen MR) is 107 cm³/mol. The SMILES string of the molecule is Cn1cc(Br)cc1C(=O)NNC(=O)CCNC(=O)C12CC3CC(CC(C3)C1)C2. The zero-order valence-corrected chi connectivity index (χ0v) is 17.7. The molecule has 0 radical (unpaired) electrons. The molecule has 7 nitrogen and oxygen atoms in total. The van der Waals surface area contributed by atoms with Crippen LogP contribution in [0, 0.1) is 23.2 Å². The summed E-state index contributed by atoms with van der Waals surface area (Å²) in [6.45, 7) is 0.290. The minimum atomic E-state index is -0.390. The number of amides is 3. The maximum Gasteiger partial charge on any atom is 0.286 e. The molecule has 0 spiro atoms. The van der Waals surface area contributed by atoms with Crippen LogP contribution in [0.4, 0.5) is 0 Å². The highest BCUT2D eigenvalue weighted by Gasteiger charge is 2.54. The number of halogens is 1. The number of hydrogen-bond donors (Lipinski definition) is 3. The smallest absolute Gasteiger partial charge is 0.286 e. The van der Waals surface area contributed by atoms with Crippen molar-refractivity contribution in [2.75, 3.05) is 6.54 Å². The number of aryl methyl sites for hydroxylation is 1. The zero-order valence-electron chi connectivity index (χ0n) is 16.1. The lowest BCUT2D eigenvalue weighted by molar-refractivity contribution is -0.146. The predicted octanol–water partition coefficient (Wildman–Crippen LogP) is 2.27. The van der Waals surface area contributed by atoms with Crippen LogP contribution in [0.15, 0.2) is 16.7 Å². The van der Waals surface area contributed by atoms with Crippen molar-refractivity contribution in [2.45, 2.75) is 44.9 Å². The summed E-state index contributed by atoms with van der Waals surface area (Å²) in [7, 11) is 1.75. The van der Waals surface area contributed by atoms with Gasteiger partial charge in [0.25, 0.3) is 5.91 Å². The normalized spacial score (nSPS) is 30.1. The first kappa shape index (κ1) is 19.5. The molecule has 28 heavy (non-hydrogen) atoms. The number of nitrogens with zero attached hydrogens (tertiary/aromatic N) is 1. The van der Waals surface area contributed by atoms with Gasteiger partial charge in [0.2, 0.25) is 11.8 Å². The molecule has 3 amide bonds. The van der Waals surface area contributed by atoms with Crippen molar-refractivity contribution in [3.05, 3.63) is 22.4 Å². The Morgan fingerprint density at radius 2 is 1.71 bits per heavy atom. The van der Waals surface area contributed by atoms with E-state index in [1.807, 2.05) is 0 Å². The summed E-state index contributed by atoms with van der Waals surface area (Å²) in [5.74, 6) is 1.55. The lowest BCUT2D eigenvalue weighted by Crippen LogP contribution is -2.54. The lowest BCUT2D eigenvalue weighted by Gasteiger charge is -2.55. The van der Waals surface area contributed by atoms with Gasteiger partial charge in [-0.25, -0.2) is 0 Å². The summed E-state index contributed by atoms with van der Waals surface area (Å²) in [6, 6.07) is 1.67. The van der Waals surface area contributed by atoms with Gasteiger partial charge in [-0.2, -0.15) is 0 Å². The molecule has 5 rings (SSSR count). The Labute approximate surface area is 173 Å². The van der Waals surface area contributed by atoms with Crippen molar-refractivity contribution in [1.29, 1.82) is 0 Å². The quantitative estimate of drug-likeness (QED) is 0.600. The maximum atomic E-state index is 12.8. The highest BCUT2D eigenvalue weighted by Crippen LogP contribution is 2.60. The van der Waals surface area contributed by atoms with Crippen LogP contribution in [0.5, 0.6) is 0 Å². The Kier molecular flexibility index (Phi) is 5.24. The molecule has 4 aliphatic rings. The molecule has 4 saturated carbocycles. The van der Waals surface area contributed by atoms with Crippen LogP contribution in [0.25, 0.3) is 0 Å². The third-order valence-corrected chi connectivity index (χ3v) is 7.11. The molecular weight excluding hydrogens is 424 g/mol. The lowest BCUT2D eigenvalue weighted by atomic mass is 9.49. The Bertz CT molecular complexity index is 768. The van der Waals surface area contributed by atoms with Crippen molar-refractivity contribution < 1.29 is 14.4 Å². The average Bonchev–Trinajstić information content (AvgIpc) is 2.96. The van der Waals surface area contributed by atoms with Crippen molar-refractivity contribution in [2.24, 2.45) is 30.2 Å². The molecule has 0 unspecified atom stereocenters. The van der Waals surface area contributed by atoms with E-state index >= 15 is 0 Å².